The molecule has 2 aromatic rings. The Kier molecular flexibility index (Phi) is 6.58. The van der Waals surface area contributed by atoms with Gasteiger partial charge in [-0.05, 0) is 61.3 Å². The second-order valence-corrected chi connectivity index (χ2v) is 10.1. The normalized spacial score (nSPS) is 18.9. The van der Waals surface area contributed by atoms with E-state index in [9.17, 15) is 4.79 Å². The fourth-order valence-corrected chi connectivity index (χ4v) is 4.37. The average Bonchev–Trinajstić information content (AvgIpc) is 3.10. The third-order valence-corrected chi connectivity index (χ3v) is 5.66. The van der Waals surface area contributed by atoms with Crippen molar-refractivity contribution in [3.8, 4) is 11.4 Å². The monoisotopic (exact) mass is 447 g/mol. The van der Waals surface area contributed by atoms with Gasteiger partial charge in [-0.15, -0.1) is 0 Å². The summed E-state index contributed by atoms with van der Waals surface area (Å²) in [5.41, 5.74) is 1.14. The molecule has 1 aromatic carbocycles. The maximum atomic E-state index is 13.0. The Hall–Kier alpha value is -1.69. The smallest absolute Gasteiger partial charge is 0.249 e. The molecule has 1 saturated heterocycles. The van der Waals surface area contributed by atoms with Crippen molar-refractivity contribution in [2.24, 2.45) is 11.3 Å². The van der Waals surface area contributed by atoms with Crippen LogP contribution in [0.1, 0.15) is 71.7 Å². The zero-order valence-electron chi connectivity index (χ0n) is 17.2. The first-order valence-corrected chi connectivity index (χ1v) is 10.9. The highest BCUT2D eigenvalue weighted by molar-refractivity contribution is 9.10. The van der Waals surface area contributed by atoms with E-state index in [1.807, 2.05) is 29.2 Å². The van der Waals surface area contributed by atoms with Crippen molar-refractivity contribution in [2.45, 2.75) is 65.8 Å². The largest absolute Gasteiger partial charge is 0.337 e. The van der Waals surface area contributed by atoms with Crippen LogP contribution in [0.5, 0.6) is 0 Å². The minimum Gasteiger partial charge on any atom is -0.337 e. The number of halogens is 1. The molecule has 3 rings (SSSR count). The van der Waals surface area contributed by atoms with Crippen LogP contribution in [0.3, 0.4) is 0 Å². The van der Waals surface area contributed by atoms with E-state index in [0.29, 0.717) is 24.1 Å². The number of nitrogens with zero attached hydrogens (tertiary/aromatic N) is 3. The van der Waals surface area contributed by atoms with E-state index >= 15 is 0 Å². The van der Waals surface area contributed by atoms with Crippen LogP contribution in [-0.2, 0) is 4.79 Å². The standard InChI is InChI=1S/C22H30BrN3O2/c1-15(14-22(2,3)4)13-19(27)26-12-6-5-7-18(26)21-24-20(25-28-21)16-8-10-17(23)11-9-16/h8-11,15,18H,5-7,12-14H2,1-4H3. The summed E-state index contributed by atoms with van der Waals surface area (Å²) in [6.07, 6.45) is 4.58. The maximum absolute atomic E-state index is 13.0. The Morgan fingerprint density at radius 1 is 1.29 bits per heavy atom. The zero-order chi connectivity index (χ0) is 20.3. The summed E-state index contributed by atoms with van der Waals surface area (Å²) < 4.78 is 6.60. The van der Waals surface area contributed by atoms with Crippen LogP contribution < -0.4 is 0 Å². The molecule has 2 heterocycles. The average molecular weight is 448 g/mol. The van der Waals surface area contributed by atoms with E-state index < -0.39 is 0 Å². The number of aromatic nitrogens is 2. The van der Waals surface area contributed by atoms with E-state index in [4.69, 9.17) is 4.52 Å². The molecule has 0 bridgehead atoms. The maximum Gasteiger partial charge on any atom is 0.249 e. The van der Waals surface area contributed by atoms with E-state index in [0.717, 1.165) is 42.3 Å². The number of carbonyl (C=O) groups excluding carboxylic acids is 1. The fourth-order valence-electron chi connectivity index (χ4n) is 4.11. The highest BCUT2D eigenvalue weighted by Crippen LogP contribution is 2.33. The highest BCUT2D eigenvalue weighted by Gasteiger charge is 2.33. The van der Waals surface area contributed by atoms with Crippen molar-refractivity contribution >= 4 is 21.8 Å². The zero-order valence-corrected chi connectivity index (χ0v) is 18.8. The third kappa shape index (κ3) is 5.43. The molecular formula is C22H30BrN3O2. The molecular weight excluding hydrogens is 418 g/mol. The van der Waals surface area contributed by atoms with Gasteiger partial charge < -0.3 is 9.42 Å². The second-order valence-electron chi connectivity index (χ2n) is 9.14. The Balaban J connectivity index is 1.73. The lowest BCUT2D eigenvalue weighted by Gasteiger charge is -2.34. The molecule has 0 radical (unpaired) electrons. The Bertz CT molecular complexity index is 795. The van der Waals surface area contributed by atoms with Crippen LogP contribution in [0.2, 0.25) is 0 Å². The van der Waals surface area contributed by atoms with Crippen molar-refractivity contribution in [2.75, 3.05) is 6.54 Å². The molecule has 1 fully saturated rings. The molecule has 1 aliphatic rings. The number of rotatable bonds is 5. The first-order chi connectivity index (χ1) is 13.2. The molecule has 1 aromatic heterocycles. The molecule has 5 nitrogen and oxygen atoms in total. The lowest BCUT2D eigenvalue weighted by molar-refractivity contribution is -0.136. The molecule has 28 heavy (non-hydrogen) atoms. The van der Waals surface area contributed by atoms with Crippen LogP contribution >= 0.6 is 15.9 Å². The van der Waals surface area contributed by atoms with E-state index in [1.54, 1.807) is 0 Å². The van der Waals surface area contributed by atoms with Crippen LogP contribution in [0, 0.1) is 11.3 Å². The van der Waals surface area contributed by atoms with E-state index in [2.05, 4.69) is 53.8 Å². The van der Waals surface area contributed by atoms with E-state index in [-0.39, 0.29) is 17.4 Å². The molecule has 0 spiro atoms. The number of likely N-dealkylation sites (tertiary alicyclic amines) is 1. The lowest BCUT2D eigenvalue weighted by Crippen LogP contribution is -2.39. The van der Waals surface area contributed by atoms with Crippen LogP contribution in [0.25, 0.3) is 11.4 Å². The van der Waals surface area contributed by atoms with Gasteiger partial charge in [0.05, 0.1) is 0 Å². The topological polar surface area (TPSA) is 59.2 Å². The molecule has 0 saturated carbocycles. The summed E-state index contributed by atoms with van der Waals surface area (Å²) in [5, 5.41) is 4.16. The Labute approximate surface area is 176 Å². The molecule has 2 unspecified atom stereocenters. The molecule has 0 N–H and O–H groups in total. The quantitative estimate of drug-likeness (QED) is 0.562. The molecule has 6 heteroatoms. The summed E-state index contributed by atoms with van der Waals surface area (Å²) in [6.45, 7) is 9.60. The molecule has 0 aliphatic carbocycles. The molecule has 2 atom stereocenters. The molecule has 1 amide bonds. The van der Waals surface area contributed by atoms with Gasteiger partial charge in [-0.2, -0.15) is 4.98 Å². The summed E-state index contributed by atoms with van der Waals surface area (Å²) in [7, 11) is 0. The summed E-state index contributed by atoms with van der Waals surface area (Å²) >= 11 is 3.44. The minimum absolute atomic E-state index is 0.111. The third-order valence-electron chi connectivity index (χ3n) is 5.14. The fraction of sp³-hybridized carbons (Fsp3) is 0.591. The number of hydrogen-bond donors (Lipinski definition) is 0. The lowest BCUT2D eigenvalue weighted by atomic mass is 9.84. The van der Waals surface area contributed by atoms with Gasteiger partial charge in [0.25, 0.3) is 0 Å². The second kappa shape index (κ2) is 8.76. The van der Waals surface area contributed by atoms with Gasteiger partial charge in [-0.1, -0.05) is 48.8 Å². The van der Waals surface area contributed by atoms with Gasteiger partial charge in [0.1, 0.15) is 6.04 Å². The van der Waals surface area contributed by atoms with Gasteiger partial charge in [-0.25, -0.2) is 0 Å². The van der Waals surface area contributed by atoms with Gasteiger partial charge in [0.2, 0.25) is 17.6 Å². The predicted molar refractivity (Wildman–Crippen MR) is 114 cm³/mol. The summed E-state index contributed by atoms with van der Waals surface area (Å²) in [6, 6.07) is 7.71. The first-order valence-electron chi connectivity index (χ1n) is 10.1. The van der Waals surface area contributed by atoms with Crippen LogP contribution in [0.4, 0.5) is 0 Å². The minimum atomic E-state index is -0.111. The number of amides is 1. The van der Waals surface area contributed by atoms with E-state index in [1.165, 1.54) is 0 Å². The highest BCUT2D eigenvalue weighted by atomic mass is 79.9. The molecule has 152 valence electrons. The first kappa shape index (κ1) is 21.0. The van der Waals surface area contributed by atoms with Crippen molar-refractivity contribution in [1.29, 1.82) is 0 Å². The van der Waals surface area contributed by atoms with Crippen molar-refractivity contribution < 1.29 is 9.32 Å². The number of benzene rings is 1. The predicted octanol–water partition coefficient (Wildman–Crippen LogP) is 6.02. The number of hydrogen-bond acceptors (Lipinski definition) is 4. The molecule has 1 aliphatic heterocycles. The van der Waals surface area contributed by atoms with Crippen molar-refractivity contribution in [3.63, 3.8) is 0 Å². The SMILES string of the molecule is CC(CC(=O)N1CCCCC1c1nc(-c2ccc(Br)cc2)no1)CC(C)(C)C. The van der Waals surface area contributed by atoms with Crippen LogP contribution in [0.15, 0.2) is 33.3 Å². The van der Waals surface area contributed by atoms with Gasteiger partial charge in [-0.3, -0.25) is 4.79 Å². The van der Waals surface area contributed by atoms with Gasteiger partial charge in [0, 0.05) is 23.0 Å². The van der Waals surface area contributed by atoms with Gasteiger partial charge in [0.15, 0.2) is 0 Å². The summed E-state index contributed by atoms with van der Waals surface area (Å²) in [5.74, 6) is 1.68. The van der Waals surface area contributed by atoms with Crippen LogP contribution in [-0.4, -0.2) is 27.5 Å². The number of piperidine rings is 1. The van der Waals surface area contributed by atoms with Gasteiger partial charge >= 0.3 is 0 Å². The Morgan fingerprint density at radius 3 is 2.68 bits per heavy atom. The number of carbonyl (C=O) groups is 1. The summed E-state index contributed by atoms with van der Waals surface area (Å²) in [4.78, 5) is 19.6. The van der Waals surface area contributed by atoms with Crippen molar-refractivity contribution in [1.82, 2.24) is 15.0 Å². The van der Waals surface area contributed by atoms with Crippen molar-refractivity contribution in [3.05, 3.63) is 34.6 Å². The Morgan fingerprint density at radius 2 is 2.00 bits per heavy atom.